The van der Waals surface area contributed by atoms with Crippen LogP contribution in [0.4, 0.5) is 0 Å². The molecule has 1 heteroatoms. The van der Waals surface area contributed by atoms with Crippen molar-refractivity contribution in [2.24, 2.45) is 0 Å². The molecule has 0 aromatic rings. The second-order valence-corrected chi connectivity index (χ2v) is 13.2. The lowest BCUT2D eigenvalue weighted by Gasteiger charge is -2.19. The molecule has 24 heavy (non-hydrogen) atoms. The van der Waals surface area contributed by atoms with Crippen LogP contribution in [-0.2, 0) is 0 Å². The summed E-state index contributed by atoms with van der Waals surface area (Å²) in [6.07, 6.45) is 28.1. The van der Waals surface area contributed by atoms with E-state index in [4.69, 9.17) is 0 Å². The summed E-state index contributed by atoms with van der Waals surface area (Å²) in [5.41, 5.74) is 0. The number of hydrogen-bond acceptors (Lipinski definition) is 0. The van der Waals surface area contributed by atoms with Crippen molar-refractivity contribution in [3.05, 3.63) is 0 Å². The second kappa shape index (κ2) is 18.2. The Kier molecular flexibility index (Phi) is 18.6. The van der Waals surface area contributed by atoms with E-state index in [2.05, 4.69) is 27.4 Å². The van der Waals surface area contributed by atoms with Crippen LogP contribution < -0.4 is 0 Å². The molecule has 0 nitrogen and oxygen atoms in total. The van der Waals surface area contributed by atoms with E-state index < -0.39 is 7.26 Å². The molecule has 0 heterocycles. The van der Waals surface area contributed by atoms with Crippen LogP contribution in [-0.4, -0.2) is 25.2 Å². The largest absolute Gasteiger partial charge is 0.0654 e. The summed E-state index contributed by atoms with van der Waals surface area (Å²) in [7, 11) is -0.519. The van der Waals surface area contributed by atoms with Gasteiger partial charge in [0, 0.05) is 13.9 Å². The van der Waals surface area contributed by atoms with Crippen LogP contribution in [0.2, 0.25) is 0 Å². The highest BCUT2D eigenvalue weighted by Crippen LogP contribution is 2.54. The van der Waals surface area contributed by atoms with E-state index in [0.717, 1.165) is 0 Å². The summed E-state index contributed by atoms with van der Waals surface area (Å²) >= 11 is 0. The van der Waals surface area contributed by atoms with Crippen molar-refractivity contribution >= 4 is 7.26 Å². The summed E-state index contributed by atoms with van der Waals surface area (Å²) < 4.78 is 0. The fraction of sp³-hybridized carbons (Fsp3) is 1.00. The zero-order valence-corrected chi connectivity index (χ0v) is 18.8. The summed E-state index contributed by atoms with van der Waals surface area (Å²) in [4.78, 5) is 0. The first-order chi connectivity index (χ1) is 11.7. The maximum Gasteiger partial charge on any atom is 0.0591 e. The van der Waals surface area contributed by atoms with Crippen LogP contribution in [0, 0.1) is 0 Å². The van der Waals surface area contributed by atoms with Crippen molar-refractivity contribution in [3.63, 3.8) is 0 Å². The second-order valence-electron chi connectivity index (χ2n) is 8.28. The lowest BCUT2D eigenvalue weighted by molar-refractivity contribution is 0.531. The van der Waals surface area contributed by atoms with Gasteiger partial charge in [0.1, 0.15) is 0 Å². The highest BCUT2D eigenvalue weighted by atomic mass is 31.2. The third kappa shape index (κ3) is 15.9. The van der Waals surface area contributed by atoms with Crippen LogP contribution in [0.15, 0.2) is 0 Å². The standard InChI is InChI=1S/C23H50P/c1-5-8-9-10-11-12-13-14-15-16-17-18-19-20-21-22-23-24(4,6-2)7-3/h5-23H2,1-4H3/q+1. The summed E-state index contributed by atoms with van der Waals surface area (Å²) in [6.45, 7) is 9.70. The molecule has 0 aromatic carbocycles. The maximum absolute atomic E-state index is 2.58. The minimum atomic E-state index is -0.519. The Bertz CT molecular complexity index is 232. The third-order valence-electron chi connectivity index (χ3n) is 6.08. The summed E-state index contributed by atoms with van der Waals surface area (Å²) in [6, 6.07) is 0. The smallest absolute Gasteiger partial charge is 0.0591 e. The minimum absolute atomic E-state index is 0.519. The van der Waals surface area contributed by atoms with Crippen molar-refractivity contribution in [1.29, 1.82) is 0 Å². The molecule has 0 bridgehead atoms. The van der Waals surface area contributed by atoms with Crippen LogP contribution in [0.5, 0.6) is 0 Å². The lowest BCUT2D eigenvalue weighted by Crippen LogP contribution is -2.02. The Morgan fingerprint density at radius 2 is 0.708 bits per heavy atom. The van der Waals surface area contributed by atoms with Crippen molar-refractivity contribution in [2.45, 2.75) is 124 Å². The molecule has 0 aromatic heterocycles. The highest BCUT2D eigenvalue weighted by Gasteiger charge is 2.25. The van der Waals surface area contributed by atoms with E-state index in [0.29, 0.717) is 0 Å². The molecule has 0 aliphatic carbocycles. The quantitative estimate of drug-likeness (QED) is 0.160. The Morgan fingerprint density at radius 3 is 1.00 bits per heavy atom. The van der Waals surface area contributed by atoms with Gasteiger partial charge in [0.15, 0.2) is 0 Å². The van der Waals surface area contributed by atoms with Gasteiger partial charge in [-0.3, -0.25) is 0 Å². The van der Waals surface area contributed by atoms with Crippen molar-refractivity contribution in [2.75, 3.05) is 25.2 Å². The van der Waals surface area contributed by atoms with Crippen LogP contribution >= 0.6 is 7.26 Å². The molecule has 0 unspecified atom stereocenters. The molecule has 0 N–H and O–H groups in total. The van der Waals surface area contributed by atoms with E-state index in [9.17, 15) is 0 Å². The zero-order chi connectivity index (χ0) is 17.9. The van der Waals surface area contributed by atoms with Gasteiger partial charge in [-0.05, 0) is 26.7 Å². The fourth-order valence-electron chi connectivity index (χ4n) is 3.58. The first kappa shape index (κ1) is 24.4. The Labute approximate surface area is 156 Å². The molecule has 0 aliphatic rings. The van der Waals surface area contributed by atoms with Gasteiger partial charge in [0.25, 0.3) is 0 Å². The predicted molar refractivity (Wildman–Crippen MR) is 118 cm³/mol. The first-order valence-electron chi connectivity index (χ1n) is 11.5. The SMILES string of the molecule is CCCCCCCCCCCCCCCCCC[P+](C)(CC)CC. The monoisotopic (exact) mass is 357 g/mol. The molecule has 0 amide bonds. The average molecular weight is 358 g/mol. The molecule has 0 spiro atoms. The number of unbranched alkanes of at least 4 members (excludes halogenated alkanes) is 15. The molecule has 0 saturated carbocycles. The predicted octanol–water partition coefficient (Wildman–Crippen LogP) is 8.94. The van der Waals surface area contributed by atoms with Gasteiger partial charge in [-0.15, -0.1) is 0 Å². The summed E-state index contributed by atoms with van der Waals surface area (Å²) in [5.74, 6) is 0. The van der Waals surface area contributed by atoms with E-state index in [1.54, 1.807) is 6.16 Å². The Balaban J connectivity index is 3.13. The minimum Gasteiger partial charge on any atom is -0.0654 e. The lowest BCUT2D eigenvalue weighted by atomic mass is 10.0. The van der Waals surface area contributed by atoms with Gasteiger partial charge in [-0.2, -0.15) is 0 Å². The normalized spacial score (nSPS) is 12.0. The van der Waals surface area contributed by atoms with Crippen molar-refractivity contribution in [1.82, 2.24) is 0 Å². The molecule has 0 atom stereocenters. The van der Waals surface area contributed by atoms with Crippen LogP contribution in [0.3, 0.4) is 0 Å². The Hall–Kier alpha value is 0.430. The topological polar surface area (TPSA) is 0 Å². The highest BCUT2D eigenvalue weighted by molar-refractivity contribution is 7.75. The van der Waals surface area contributed by atoms with E-state index in [1.165, 1.54) is 115 Å². The summed E-state index contributed by atoms with van der Waals surface area (Å²) in [5, 5.41) is 0. The molecule has 0 fully saturated rings. The van der Waals surface area contributed by atoms with E-state index in [-0.39, 0.29) is 0 Å². The number of rotatable bonds is 19. The van der Waals surface area contributed by atoms with Gasteiger partial charge in [0.2, 0.25) is 0 Å². The zero-order valence-electron chi connectivity index (χ0n) is 17.9. The van der Waals surface area contributed by atoms with Gasteiger partial charge in [-0.1, -0.05) is 96.8 Å². The van der Waals surface area contributed by atoms with Gasteiger partial charge in [0.05, 0.1) is 18.5 Å². The van der Waals surface area contributed by atoms with Crippen molar-refractivity contribution in [3.8, 4) is 0 Å². The van der Waals surface area contributed by atoms with Gasteiger partial charge >= 0.3 is 0 Å². The van der Waals surface area contributed by atoms with Gasteiger partial charge < -0.3 is 0 Å². The van der Waals surface area contributed by atoms with Crippen LogP contribution in [0.25, 0.3) is 0 Å². The molecular formula is C23H50P+. The number of hydrogen-bond donors (Lipinski definition) is 0. The Morgan fingerprint density at radius 1 is 0.417 bits per heavy atom. The maximum atomic E-state index is 2.58. The van der Waals surface area contributed by atoms with E-state index in [1.807, 2.05) is 0 Å². The average Bonchev–Trinajstić information content (AvgIpc) is 2.61. The molecule has 0 aliphatic heterocycles. The first-order valence-corrected chi connectivity index (χ1v) is 14.3. The molecule has 0 saturated heterocycles. The molecule has 146 valence electrons. The molecule has 0 rings (SSSR count). The van der Waals surface area contributed by atoms with E-state index >= 15 is 0 Å². The molecule has 0 radical (unpaired) electrons. The molecular weight excluding hydrogens is 307 g/mol. The third-order valence-corrected chi connectivity index (χ3v) is 10.5. The van der Waals surface area contributed by atoms with Gasteiger partial charge in [-0.25, -0.2) is 0 Å². The fourth-order valence-corrected chi connectivity index (χ4v) is 5.65. The van der Waals surface area contributed by atoms with Crippen molar-refractivity contribution < 1.29 is 0 Å². The van der Waals surface area contributed by atoms with Crippen LogP contribution in [0.1, 0.15) is 124 Å².